The molecule has 0 atom stereocenters. The van der Waals surface area contributed by atoms with Crippen molar-refractivity contribution < 1.29 is 29.0 Å². The lowest BCUT2D eigenvalue weighted by atomic mass is 10.1. The van der Waals surface area contributed by atoms with Crippen LogP contribution in [0.3, 0.4) is 0 Å². The summed E-state index contributed by atoms with van der Waals surface area (Å²) in [6, 6.07) is 23.6. The fourth-order valence-electron chi connectivity index (χ4n) is 3.58. The number of hydrogen-bond acceptors (Lipinski definition) is 9. The number of anilines is 1. The predicted molar refractivity (Wildman–Crippen MR) is 157 cm³/mol. The Hall–Kier alpha value is -6.50. The molecule has 0 aromatic heterocycles. The van der Waals surface area contributed by atoms with Gasteiger partial charge in [-0.15, -0.1) is 0 Å². The average molecular weight is 580 g/mol. The van der Waals surface area contributed by atoms with Gasteiger partial charge in [0, 0.05) is 52.7 Å². The first-order valence-corrected chi connectivity index (χ1v) is 12.4. The minimum absolute atomic E-state index is 0.0329. The Bertz CT molecular complexity index is 1740. The SMILES string of the molecule is O=C(/C=C/c1ccc([N+](=O)[O-])cc1)Oc1ccc([N+](=O)[O-])cc1/C=N/NC(=O)c1ccc(NC(=O)c2ccccc2)cc1. The largest absolute Gasteiger partial charge is 0.423 e. The van der Waals surface area contributed by atoms with Gasteiger partial charge in [-0.2, -0.15) is 5.10 Å². The van der Waals surface area contributed by atoms with Crippen LogP contribution in [0.4, 0.5) is 17.1 Å². The van der Waals surface area contributed by atoms with E-state index in [2.05, 4.69) is 15.8 Å². The van der Waals surface area contributed by atoms with Gasteiger partial charge in [0.15, 0.2) is 0 Å². The summed E-state index contributed by atoms with van der Waals surface area (Å²) in [7, 11) is 0. The van der Waals surface area contributed by atoms with Crippen LogP contribution < -0.4 is 15.5 Å². The molecule has 214 valence electrons. The fraction of sp³-hybridized carbons (Fsp3) is 0. The van der Waals surface area contributed by atoms with Crippen molar-refractivity contribution in [2.45, 2.75) is 0 Å². The van der Waals surface area contributed by atoms with E-state index >= 15 is 0 Å². The van der Waals surface area contributed by atoms with Gasteiger partial charge in [0.25, 0.3) is 23.2 Å². The zero-order valence-corrected chi connectivity index (χ0v) is 22.1. The molecule has 0 heterocycles. The number of nitro benzene ring substituents is 2. The van der Waals surface area contributed by atoms with Crippen LogP contribution >= 0.6 is 0 Å². The molecule has 0 bridgehead atoms. The maximum atomic E-state index is 12.6. The lowest BCUT2D eigenvalue weighted by molar-refractivity contribution is -0.385. The van der Waals surface area contributed by atoms with Gasteiger partial charge < -0.3 is 10.1 Å². The molecule has 0 saturated carbocycles. The van der Waals surface area contributed by atoms with Crippen molar-refractivity contribution in [1.29, 1.82) is 0 Å². The highest BCUT2D eigenvalue weighted by Gasteiger charge is 2.14. The molecule has 43 heavy (non-hydrogen) atoms. The minimum Gasteiger partial charge on any atom is -0.423 e. The predicted octanol–water partition coefficient (Wildman–Crippen LogP) is 5.14. The second kappa shape index (κ2) is 13.7. The summed E-state index contributed by atoms with van der Waals surface area (Å²) in [4.78, 5) is 58.1. The minimum atomic E-state index is -0.828. The molecule has 0 unspecified atom stereocenters. The number of benzene rings is 4. The van der Waals surface area contributed by atoms with Crippen LogP contribution in [-0.2, 0) is 4.79 Å². The van der Waals surface area contributed by atoms with E-state index < -0.39 is 21.7 Å². The topological polar surface area (TPSA) is 183 Å². The molecule has 2 amide bonds. The van der Waals surface area contributed by atoms with Gasteiger partial charge in [0.2, 0.25) is 0 Å². The number of amides is 2. The number of carbonyl (C=O) groups excluding carboxylic acids is 3. The molecule has 13 nitrogen and oxygen atoms in total. The first-order chi connectivity index (χ1) is 20.7. The summed E-state index contributed by atoms with van der Waals surface area (Å²) in [6.07, 6.45) is 3.54. The van der Waals surface area contributed by atoms with Gasteiger partial charge in [-0.25, -0.2) is 10.2 Å². The zero-order valence-electron chi connectivity index (χ0n) is 22.1. The van der Waals surface area contributed by atoms with E-state index in [1.165, 1.54) is 48.5 Å². The smallest absolute Gasteiger partial charge is 0.336 e. The molecule has 0 saturated heterocycles. The van der Waals surface area contributed by atoms with E-state index in [1.54, 1.807) is 42.5 Å². The Morgan fingerprint density at radius 3 is 2.02 bits per heavy atom. The van der Waals surface area contributed by atoms with E-state index in [0.29, 0.717) is 16.8 Å². The van der Waals surface area contributed by atoms with Gasteiger partial charge >= 0.3 is 5.97 Å². The third-order valence-corrected chi connectivity index (χ3v) is 5.74. The highest BCUT2D eigenvalue weighted by Crippen LogP contribution is 2.23. The van der Waals surface area contributed by atoms with Gasteiger partial charge in [-0.1, -0.05) is 18.2 Å². The molecule has 4 aromatic carbocycles. The van der Waals surface area contributed by atoms with E-state index in [9.17, 15) is 34.6 Å². The summed E-state index contributed by atoms with van der Waals surface area (Å²) in [5.74, 6) is -1.81. The third-order valence-electron chi connectivity index (χ3n) is 5.74. The molecule has 0 aliphatic carbocycles. The number of esters is 1. The number of non-ortho nitro benzene ring substituents is 2. The van der Waals surface area contributed by atoms with Gasteiger partial charge in [-0.3, -0.25) is 29.8 Å². The maximum Gasteiger partial charge on any atom is 0.336 e. The van der Waals surface area contributed by atoms with Crippen molar-refractivity contribution in [3.63, 3.8) is 0 Å². The molecular formula is C30H21N5O8. The molecule has 0 aliphatic heterocycles. The van der Waals surface area contributed by atoms with E-state index in [0.717, 1.165) is 24.4 Å². The molecule has 4 rings (SSSR count). The Morgan fingerprint density at radius 2 is 1.37 bits per heavy atom. The Kier molecular flexibility index (Phi) is 9.41. The monoisotopic (exact) mass is 579 g/mol. The number of ether oxygens (including phenoxy) is 1. The van der Waals surface area contributed by atoms with E-state index in [-0.39, 0.29) is 34.2 Å². The van der Waals surface area contributed by atoms with Gasteiger partial charge in [0.1, 0.15) is 5.75 Å². The van der Waals surface area contributed by atoms with E-state index in [4.69, 9.17) is 4.74 Å². The Morgan fingerprint density at radius 1 is 0.744 bits per heavy atom. The number of nitro groups is 2. The summed E-state index contributed by atoms with van der Waals surface area (Å²) >= 11 is 0. The molecule has 0 fully saturated rings. The van der Waals surface area contributed by atoms with Crippen LogP contribution in [0.5, 0.6) is 5.75 Å². The number of nitrogens with one attached hydrogen (secondary N) is 2. The van der Waals surface area contributed by atoms with E-state index in [1.807, 2.05) is 0 Å². The van der Waals surface area contributed by atoms with Gasteiger partial charge in [0.05, 0.1) is 16.1 Å². The van der Waals surface area contributed by atoms with Crippen molar-refractivity contribution in [3.8, 4) is 5.75 Å². The molecular weight excluding hydrogens is 558 g/mol. The summed E-state index contributed by atoms with van der Waals surface area (Å²) in [5, 5.41) is 28.6. The van der Waals surface area contributed by atoms with Crippen molar-refractivity contribution >= 4 is 47.1 Å². The highest BCUT2D eigenvalue weighted by molar-refractivity contribution is 6.04. The lowest BCUT2D eigenvalue weighted by Gasteiger charge is -2.07. The fourth-order valence-corrected chi connectivity index (χ4v) is 3.58. The number of carbonyl (C=O) groups is 3. The number of hydrazone groups is 1. The highest BCUT2D eigenvalue weighted by atomic mass is 16.6. The zero-order chi connectivity index (χ0) is 30.8. The molecule has 0 aliphatic rings. The molecule has 13 heteroatoms. The summed E-state index contributed by atoms with van der Waals surface area (Å²) < 4.78 is 5.29. The molecule has 4 aromatic rings. The van der Waals surface area contributed by atoms with Crippen molar-refractivity contribution in [2.24, 2.45) is 5.10 Å². The van der Waals surface area contributed by atoms with Crippen LogP contribution in [0.25, 0.3) is 6.08 Å². The van der Waals surface area contributed by atoms with Crippen LogP contribution in [0.15, 0.2) is 108 Å². The normalized spacial score (nSPS) is 10.8. The van der Waals surface area contributed by atoms with Crippen molar-refractivity contribution in [2.75, 3.05) is 5.32 Å². The van der Waals surface area contributed by atoms with Crippen LogP contribution in [0, 0.1) is 20.2 Å². The summed E-state index contributed by atoms with van der Waals surface area (Å²) in [6.45, 7) is 0. The van der Waals surface area contributed by atoms with Crippen LogP contribution in [0.1, 0.15) is 31.8 Å². The lowest BCUT2D eigenvalue weighted by Crippen LogP contribution is -2.18. The van der Waals surface area contributed by atoms with Crippen LogP contribution in [-0.4, -0.2) is 33.8 Å². The Labute approximate surface area is 243 Å². The second-order valence-electron chi connectivity index (χ2n) is 8.68. The van der Waals surface area contributed by atoms with Gasteiger partial charge in [-0.05, 0) is 66.2 Å². The number of rotatable bonds is 10. The maximum absolute atomic E-state index is 12.6. The second-order valence-corrected chi connectivity index (χ2v) is 8.68. The molecule has 2 N–H and O–H groups in total. The quantitative estimate of drug-likeness (QED) is 0.0646. The van der Waals surface area contributed by atoms with Crippen molar-refractivity contribution in [3.05, 3.63) is 146 Å². The number of hydrogen-bond donors (Lipinski definition) is 2. The van der Waals surface area contributed by atoms with Crippen LogP contribution in [0.2, 0.25) is 0 Å². The summed E-state index contributed by atoms with van der Waals surface area (Å²) in [5.41, 5.74) is 3.59. The molecule has 0 radical (unpaired) electrons. The first kappa shape index (κ1) is 29.5. The standard InChI is InChI=1S/C30H21N5O8/c36-28(17-8-20-6-13-25(14-7-20)34(39)40)43-27-16-15-26(35(41)42)18-23(27)19-31-33-30(38)22-9-11-24(12-10-22)32-29(37)21-4-2-1-3-5-21/h1-19H,(H,32,37)(H,33,38)/b17-8+,31-19+. The third kappa shape index (κ3) is 8.25. The number of nitrogens with zero attached hydrogens (tertiary/aromatic N) is 3. The van der Waals surface area contributed by atoms with Crippen molar-refractivity contribution in [1.82, 2.24) is 5.43 Å². The Balaban J connectivity index is 1.40. The first-order valence-electron chi connectivity index (χ1n) is 12.4. The average Bonchev–Trinajstić information content (AvgIpc) is 3.01. The molecule has 0 spiro atoms.